The normalized spacial score (nSPS) is 16.4. The first-order chi connectivity index (χ1) is 31.3. The summed E-state index contributed by atoms with van der Waals surface area (Å²) in [4.78, 5) is 37.7. The van der Waals surface area contributed by atoms with Gasteiger partial charge in [0, 0.05) is 25.3 Å². The van der Waals surface area contributed by atoms with E-state index in [1.54, 1.807) is 25.1 Å². The number of methoxy groups -OCH3 is 2. The number of aromatic nitrogens is 4. The monoisotopic (exact) mass is 851 g/mol. The van der Waals surface area contributed by atoms with Crippen molar-refractivity contribution >= 4 is 23.1 Å². The number of esters is 1. The average molecular weight is 852 g/mol. The van der Waals surface area contributed by atoms with E-state index in [2.05, 4.69) is 24.3 Å². The van der Waals surface area contributed by atoms with Crippen LogP contribution < -0.4 is 20.8 Å². The number of nitrogen functional groups attached to an aromatic ring is 1. The topological polar surface area (TPSA) is 133 Å². The van der Waals surface area contributed by atoms with Gasteiger partial charge in [-0.25, -0.2) is 4.98 Å². The highest BCUT2D eigenvalue weighted by Gasteiger charge is 2.45. The number of carbonyl (C=O) groups excluding carboxylic acids is 1. The van der Waals surface area contributed by atoms with Crippen LogP contribution >= 0.6 is 0 Å². The lowest BCUT2D eigenvalue weighted by atomic mass is 9.76. The minimum Gasteiger partial charge on any atom is -0.497 e. The Kier molecular flexibility index (Phi) is 11.6. The molecule has 11 heteroatoms. The largest absolute Gasteiger partial charge is 0.497 e. The highest BCUT2D eigenvalue weighted by molar-refractivity contribution is 5.72. The third-order valence-corrected chi connectivity index (χ3v) is 12.5. The summed E-state index contributed by atoms with van der Waals surface area (Å²) in [5.41, 5.74) is 10.1. The van der Waals surface area contributed by atoms with Gasteiger partial charge < -0.3 is 29.2 Å². The van der Waals surface area contributed by atoms with Crippen LogP contribution in [0.25, 0.3) is 11.2 Å². The molecular formula is C53H49N5O6. The summed E-state index contributed by atoms with van der Waals surface area (Å²) in [6.07, 6.45) is 2.13. The number of fused-ring (bicyclic) bond motifs is 1. The van der Waals surface area contributed by atoms with E-state index in [1.807, 2.05) is 150 Å². The molecule has 1 aliphatic rings. The molecule has 1 aliphatic carbocycles. The zero-order valence-corrected chi connectivity index (χ0v) is 35.9. The van der Waals surface area contributed by atoms with Gasteiger partial charge in [0.05, 0.1) is 27.2 Å². The van der Waals surface area contributed by atoms with Crippen molar-refractivity contribution in [2.45, 2.75) is 43.1 Å². The highest BCUT2D eigenvalue weighted by Crippen LogP contribution is 2.46. The Morgan fingerprint density at radius 1 is 0.656 bits per heavy atom. The molecule has 2 heterocycles. The van der Waals surface area contributed by atoms with E-state index in [-0.39, 0.29) is 36.0 Å². The SMILES string of the molecule is COc1ccc(C(OC[C@H]2C[C@@H](n3cnc4c(=O)n(C(c5ccccc5)(c5ccccc5)c5ccc(OC)cc5)c(N)nc43)C[C@H]2OC(C)=O)(c2ccccc2)c2ccccc2)cc1. The number of rotatable bonds is 14. The van der Waals surface area contributed by atoms with Crippen molar-refractivity contribution in [1.82, 2.24) is 19.1 Å². The van der Waals surface area contributed by atoms with Crippen LogP contribution in [0.3, 0.4) is 0 Å². The Hall–Kier alpha value is -7.50. The fourth-order valence-electron chi connectivity index (χ4n) is 9.63. The second kappa shape index (κ2) is 17.7. The predicted molar refractivity (Wildman–Crippen MR) is 246 cm³/mol. The molecule has 2 N–H and O–H groups in total. The van der Waals surface area contributed by atoms with Gasteiger partial charge >= 0.3 is 5.97 Å². The minimum atomic E-state index is -1.25. The highest BCUT2D eigenvalue weighted by atomic mass is 16.5. The van der Waals surface area contributed by atoms with Gasteiger partial charge in [0.15, 0.2) is 11.2 Å². The summed E-state index contributed by atoms with van der Waals surface area (Å²) in [5.74, 6) is 0.776. The van der Waals surface area contributed by atoms with Crippen LogP contribution in [0.5, 0.6) is 11.5 Å². The third kappa shape index (κ3) is 7.37. The molecule has 6 aromatic carbocycles. The number of anilines is 1. The Balaban J connectivity index is 1.13. The van der Waals surface area contributed by atoms with Gasteiger partial charge in [0.2, 0.25) is 5.95 Å². The van der Waals surface area contributed by atoms with Crippen LogP contribution in [-0.2, 0) is 25.4 Å². The summed E-state index contributed by atoms with van der Waals surface area (Å²) in [6, 6.07) is 55.2. The number of imidazole rings is 1. The quantitative estimate of drug-likeness (QED) is 0.0842. The Bertz CT molecular complexity index is 2830. The van der Waals surface area contributed by atoms with Gasteiger partial charge in [-0.05, 0) is 64.1 Å². The minimum absolute atomic E-state index is 0.00666. The lowest BCUT2D eigenvalue weighted by Gasteiger charge is -2.38. The first-order valence-corrected chi connectivity index (χ1v) is 21.4. The molecule has 8 aromatic rings. The number of hydrogen-bond acceptors (Lipinski definition) is 9. The van der Waals surface area contributed by atoms with Gasteiger partial charge in [0.1, 0.15) is 28.7 Å². The first-order valence-electron chi connectivity index (χ1n) is 21.4. The van der Waals surface area contributed by atoms with Crippen molar-refractivity contribution in [3.63, 3.8) is 0 Å². The molecule has 0 amide bonds. The van der Waals surface area contributed by atoms with Crippen molar-refractivity contribution in [3.8, 4) is 11.5 Å². The maximum atomic E-state index is 15.2. The fourth-order valence-corrected chi connectivity index (χ4v) is 9.63. The molecule has 1 saturated carbocycles. The lowest BCUT2D eigenvalue weighted by molar-refractivity contribution is -0.149. The molecule has 0 unspecified atom stereocenters. The second-order valence-electron chi connectivity index (χ2n) is 16.1. The lowest BCUT2D eigenvalue weighted by Crippen LogP contribution is -2.46. The zero-order valence-electron chi connectivity index (χ0n) is 35.9. The van der Waals surface area contributed by atoms with Crippen molar-refractivity contribution in [2.75, 3.05) is 26.6 Å². The standard InChI is InChI=1S/C53H49N5O6/c1-36(59)64-47-33-44(32-37(47)34-63-53(41-20-12-6-13-21-41,42-22-14-7-15-23-42)43-26-30-46(62-3)31-27-43)57-35-55-48-49(57)56-51(54)58(50(48)60)52(38-16-8-4-9-17-38,39-18-10-5-11-19-39)40-24-28-45(61-2)29-25-40/h4-31,35,37,44,47H,32-34H2,1-3H3,(H2,54,56)/t37-,44-,47-/m1/s1. The van der Waals surface area contributed by atoms with Gasteiger partial charge in [-0.3, -0.25) is 14.2 Å². The van der Waals surface area contributed by atoms with Gasteiger partial charge in [-0.1, -0.05) is 146 Å². The van der Waals surface area contributed by atoms with E-state index in [0.29, 0.717) is 24.2 Å². The summed E-state index contributed by atoms with van der Waals surface area (Å²) in [7, 11) is 3.26. The van der Waals surface area contributed by atoms with E-state index in [4.69, 9.17) is 34.6 Å². The zero-order chi connectivity index (χ0) is 44.3. The van der Waals surface area contributed by atoms with Crippen LogP contribution in [0.1, 0.15) is 59.2 Å². The van der Waals surface area contributed by atoms with E-state index >= 15 is 4.79 Å². The molecular weight excluding hydrogens is 803 g/mol. The van der Waals surface area contributed by atoms with Crippen LogP contribution in [-0.4, -0.2) is 52.0 Å². The number of ether oxygens (including phenoxy) is 4. The average Bonchev–Trinajstić information content (AvgIpc) is 3.95. The molecule has 11 nitrogen and oxygen atoms in total. The van der Waals surface area contributed by atoms with Crippen LogP contribution in [0.4, 0.5) is 5.95 Å². The number of nitrogens with zero attached hydrogens (tertiary/aromatic N) is 4. The molecule has 0 saturated heterocycles. The Labute approximate surface area is 371 Å². The number of benzene rings is 6. The molecule has 3 atom stereocenters. The van der Waals surface area contributed by atoms with Crippen LogP contribution in [0, 0.1) is 5.92 Å². The maximum absolute atomic E-state index is 15.2. The molecule has 1 fully saturated rings. The Morgan fingerprint density at radius 3 is 1.59 bits per heavy atom. The van der Waals surface area contributed by atoms with Crippen molar-refractivity contribution in [3.05, 3.63) is 220 Å². The third-order valence-electron chi connectivity index (χ3n) is 12.5. The summed E-state index contributed by atoms with van der Waals surface area (Å²) in [5, 5.41) is 0. The molecule has 9 rings (SSSR count). The molecule has 2 aromatic heterocycles. The smallest absolute Gasteiger partial charge is 0.302 e. The number of nitrogens with two attached hydrogens (primary N) is 1. The van der Waals surface area contributed by atoms with E-state index in [9.17, 15) is 4.79 Å². The van der Waals surface area contributed by atoms with Gasteiger partial charge in [0.25, 0.3) is 5.56 Å². The molecule has 0 spiro atoms. The number of hydrogen-bond donors (Lipinski definition) is 1. The summed E-state index contributed by atoms with van der Waals surface area (Å²) < 4.78 is 27.9. The van der Waals surface area contributed by atoms with E-state index < -0.39 is 22.8 Å². The molecule has 0 aliphatic heterocycles. The van der Waals surface area contributed by atoms with Crippen LogP contribution in [0.2, 0.25) is 0 Å². The molecule has 64 heavy (non-hydrogen) atoms. The van der Waals surface area contributed by atoms with E-state index in [0.717, 1.165) is 39.1 Å². The van der Waals surface area contributed by atoms with E-state index in [1.165, 1.54) is 6.92 Å². The van der Waals surface area contributed by atoms with Gasteiger partial charge in [-0.2, -0.15) is 4.98 Å². The Morgan fingerprint density at radius 2 is 1.11 bits per heavy atom. The van der Waals surface area contributed by atoms with Crippen molar-refractivity contribution < 1.29 is 23.7 Å². The first kappa shape index (κ1) is 41.8. The van der Waals surface area contributed by atoms with Crippen LogP contribution in [0.15, 0.2) is 181 Å². The summed E-state index contributed by atoms with van der Waals surface area (Å²) in [6.45, 7) is 1.66. The summed E-state index contributed by atoms with van der Waals surface area (Å²) >= 11 is 0. The molecule has 0 radical (unpaired) electrons. The molecule has 0 bridgehead atoms. The van der Waals surface area contributed by atoms with Crippen molar-refractivity contribution in [1.29, 1.82) is 0 Å². The fraction of sp³-hybridized carbons (Fsp3) is 0.208. The van der Waals surface area contributed by atoms with Crippen molar-refractivity contribution in [2.24, 2.45) is 5.92 Å². The predicted octanol–water partition coefficient (Wildman–Crippen LogP) is 8.92. The number of carbonyl (C=O) groups is 1. The molecule has 322 valence electrons. The second-order valence-corrected chi connectivity index (χ2v) is 16.1. The van der Waals surface area contributed by atoms with Gasteiger partial charge in [-0.15, -0.1) is 0 Å². The maximum Gasteiger partial charge on any atom is 0.302 e.